The van der Waals surface area contributed by atoms with Gasteiger partial charge in [0.15, 0.2) is 5.16 Å². The Morgan fingerprint density at radius 1 is 1.45 bits per heavy atom. The summed E-state index contributed by atoms with van der Waals surface area (Å²) in [6, 6.07) is 8.21. The van der Waals surface area contributed by atoms with Crippen LogP contribution in [0.2, 0.25) is 0 Å². The number of nitrogens with zero attached hydrogens (tertiary/aromatic N) is 2. The van der Waals surface area contributed by atoms with E-state index in [2.05, 4.69) is 24.0 Å². The van der Waals surface area contributed by atoms with E-state index in [-0.39, 0.29) is 17.3 Å². The van der Waals surface area contributed by atoms with Crippen LogP contribution in [0.5, 0.6) is 0 Å². The molecule has 1 aromatic heterocycles. The summed E-state index contributed by atoms with van der Waals surface area (Å²) in [4.78, 5) is 16.1. The molecule has 104 valence electrons. The maximum absolute atomic E-state index is 11.7. The number of cyclic esters (lactones) is 1. The molecule has 2 atom stereocenters. The molecule has 1 saturated heterocycles. The quantitative estimate of drug-likeness (QED) is 0.814. The van der Waals surface area contributed by atoms with Crippen molar-refractivity contribution in [3.8, 4) is 5.69 Å². The molecule has 0 bridgehead atoms. The van der Waals surface area contributed by atoms with E-state index in [1.54, 1.807) is 6.20 Å². The van der Waals surface area contributed by atoms with E-state index >= 15 is 0 Å². The van der Waals surface area contributed by atoms with E-state index in [0.29, 0.717) is 0 Å². The molecule has 5 heteroatoms. The standard InChI is InChI=1S/C15H16N2O2S/c1-10-4-3-5-12(8-10)17-7-6-16-15(17)20-13-9-11(2)19-14(13)18/h3-8,11,13H,9H2,1-2H3/t11-,13-/m0/s1. The molecule has 0 radical (unpaired) electrons. The van der Waals surface area contributed by atoms with Crippen molar-refractivity contribution in [2.24, 2.45) is 0 Å². The first-order chi connectivity index (χ1) is 9.63. The van der Waals surface area contributed by atoms with Crippen LogP contribution in [0.25, 0.3) is 5.69 Å². The molecule has 0 unspecified atom stereocenters. The van der Waals surface area contributed by atoms with Gasteiger partial charge in [-0.3, -0.25) is 9.36 Å². The van der Waals surface area contributed by atoms with Crippen molar-refractivity contribution in [1.29, 1.82) is 0 Å². The molecule has 1 aromatic carbocycles. The topological polar surface area (TPSA) is 44.1 Å². The van der Waals surface area contributed by atoms with Crippen LogP contribution in [0, 0.1) is 6.92 Å². The van der Waals surface area contributed by atoms with E-state index in [0.717, 1.165) is 17.3 Å². The van der Waals surface area contributed by atoms with Gasteiger partial charge in [0.05, 0.1) is 0 Å². The van der Waals surface area contributed by atoms with Crippen molar-refractivity contribution >= 4 is 17.7 Å². The van der Waals surface area contributed by atoms with Crippen LogP contribution >= 0.6 is 11.8 Å². The molecule has 4 nitrogen and oxygen atoms in total. The van der Waals surface area contributed by atoms with Gasteiger partial charge in [0.1, 0.15) is 11.4 Å². The summed E-state index contributed by atoms with van der Waals surface area (Å²) in [5.74, 6) is -0.138. The van der Waals surface area contributed by atoms with Crippen LogP contribution in [0.15, 0.2) is 41.8 Å². The van der Waals surface area contributed by atoms with E-state index in [1.165, 1.54) is 17.3 Å². The van der Waals surface area contributed by atoms with Crippen LogP contribution in [0.3, 0.4) is 0 Å². The third kappa shape index (κ3) is 2.58. The molecule has 3 rings (SSSR count). The lowest BCUT2D eigenvalue weighted by Crippen LogP contribution is -2.10. The van der Waals surface area contributed by atoms with Crippen LogP contribution < -0.4 is 0 Å². The summed E-state index contributed by atoms with van der Waals surface area (Å²) in [7, 11) is 0. The fourth-order valence-electron chi connectivity index (χ4n) is 2.29. The van der Waals surface area contributed by atoms with Gasteiger partial charge in [0, 0.05) is 24.5 Å². The van der Waals surface area contributed by atoms with Crippen molar-refractivity contribution in [2.75, 3.05) is 0 Å². The number of esters is 1. The molecule has 20 heavy (non-hydrogen) atoms. The van der Waals surface area contributed by atoms with Gasteiger partial charge < -0.3 is 4.74 Å². The molecule has 0 spiro atoms. The van der Waals surface area contributed by atoms with Crippen LogP contribution in [-0.4, -0.2) is 26.9 Å². The average Bonchev–Trinajstić information content (AvgIpc) is 2.97. The Morgan fingerprint density at radius 3 is 3.00 bits per heavy atom. The molecular formula is C15H16N2O2S. The number of carbonyl (C=O) groups excluding carboxylic acids is 1. The molecule has 1 aliphatic rings. The van der Waals surface area contributed by atoms with E-state index in [9.17, 15) is 4.79 Å². The third-order valence-electron chi connectivity index (χ3n) is 3.26. The number of rotatable bonds is 3. The highest BCUT2D eigenvalue weighted by Crippen LogP contribution is 2.32. The van der Waals surface area contributed by atoms with E-state index in [1.807, 2.05) is 29.8 Å². The second-order valence-corrected chi connectivity index (χ2v) is 6.18. The molecule has 0 aliphatic carbocycles. The number of aromatic nitrogens is 2. The monoisotopic (exact) mass is 288 g/mol. The first-order valence-electron chi connectivity index (χ1n) is 6.61. The molecule has 2 aromatic rings. The van der Waals surface area contributed by atoms with Gasteiger partial charge in [-0.2, -0.15) is 0 Å². The maximum Gasteiger partial charge on any atom is 0.319 e. The zero-order valence-electron chi connectivity index (χ0n) is 11.4. The van der Waals surface area contributed by atoms with Crippen molar-refractivity contribution in [2.45, 2.75) is 36.8 Å². The van der Waals surface area contributed by atoms with Crippen LogP contribution in [-0.2, 0) is 9.53 Å². The van der Waals surface area contributed by atoms with Crippen molar-refractivity contribution in [3.63, 3.8) is 0 Å². The zero-order chi connectivity index (χ0) is 14.1. The Morgan fingerprint density at radius 2 is 2.30 bits per heavy atom. The molecule has 0 saturated carbocycles. The minimum atomic E-state index is -0.157. The lowest BCUT2D eigenvalue weighted by atomic mass is 10.2. The summed E-state index contributed by atoms with van der Waals surface area (Å²) >= 11 is 1.47. The normalized spacial score (nSPS) is 22.0. The minimum absolute atomic E-state index is 0.00221. The van der Waals surface area contributed by atoms with Gasteiger partial charge in [-0.05, 0) is 31.5 Å². The molecular weight excluding hydrogens is 272 g/mol. The number of imidazole rings is 1. The van der Waals surface area contributed by atoms with Crippen LogP contribution in [0.1, 0.15) is 18.9 Å². The molecule has 0 N–H and O–H groups in total. The van der Waals surface area contributed by atoms with Crippen molar-refractivity contribution in [3.05, 3.63) is 42.2 Å². The number of hydrogen-bond acceptors (Lipinski definition) is 4. The third-order valence-corrected chi connectivity index (χ3v) is 4.44. The second-order valence-electron chi connectivity index (χ2n) is 5.01. The van der Waals surface area contributed by atoms with Gasteiger partial charge >= 0.3 is 5.97 Å². The number of thioether (sulfide) groups is 1. The fraction of sp³-hybridized carbons (Fsp3) is 0.333. The number of hydrogen-bond donors (Lipinski definition) is 0. The smallest absolute Gasteiger partial charge is 0.319 e. The molecule has 1 aliphatic heterocycles. The number of aryl methyl sites for hydroxylation is 1. The SMILES string of the molecule is Cc1cccc(-n2ccnc2S[C@H]2C[C@H](C)OC2=O)c1. The van der Waals surface area contributed by atoms with Crippen molar-refractivity contribution < 1.29 is 9.53 Å². The summed E-state index contributed by atoms with van der Waals surface area (Å²) in [5.41, 5.74) is 2.26. The Balaban J connectivity index is 1.86. The van der Waals surface area contributed by atoms with Crippen LogP contribution in [0.4, 0.5) is 0 Å². The summed E-state index contributed by atoms with van der Waals surface area (Å²) < 4.78 is 7.20. The Kier molecular flexibility index (Phi) is 3.53. The maximum atomic E-state index is 11.7. The molecule has 0 amide bonds. The largest absolute Gasteiger partial charge is 0.462 e. The molecule has 2 heterocycles. The van der Waals surface area contributed by atoms with Crippen molar-refractivity contribution in [1.82, 2.24) is 9.55 Å². The highest BCUT2D eigenvalue weighted by atomic mass is 32.2. The predicted molar refractivity (Wildman–Crippen MR) is 78.1 cm³/mol. The Hall–Kier alpha value is -1.75. The lowest BCUT2D eigenvalue weighted by Gasteiger charge is -2.09. The second kappa shape index (κ2) is 5.32. The number of benzene rings is 1. The molecule has 1 fully saturated rings. The zero-order valence-corrected chi connectivity index (χ0v) is 12.3. The van der Waals surface area contributed by atoms with Gasteiger partial charge in [-0.25, -0.2) is 4.98 Å². The number of ether oxygens (including phenoxy) is 1. The summed E-state index contributed by atoms with van der Waals surface area (Å²) in [5, 5.41) is 0.669. The summed E-state index contributed by atoms with van der Waals surface area (Å²) in [6.45, 7) is 3.98. The predicted octanol–water partition coefficient (Wildman–Crippen LogP) is 2.98. The first kappa shape index (κ1) is 13.2. The van der Waals surface area contributed by atoms with Gasteiger partial charge in [0.25, 0.3) is 0 Å². The first-order valence-corrected chi connectivity index (χ1v) is 7.49. The Bertz CT molecular complexity index is 638. The van der Waals surface area contributed by atoms with Gasteiger partial charge in [-0.15, -0.1) is 0 Å². The highest BCUT2D eigenvalue weighted by Gasteiger charge is 2.33. The summed E-state index contributed by atoms with van der Waals surface area (Å²) in [6.07, 6.45) is 4.42. The van der Waals surface area contributed by atoms with Gasteiger partial charge in [0.2, 0.25) is 0 Å². The average molecular weight is 288 g/mol. The van der Waals surface area contributed by atoms with E-state index < -0.39 is 0 Å². The number of carbonyl (C=O) groups is 1. The lowest BCUT2D eigenvalue weighted by molar-refractivity contribution is -0.140. The van der Waals surface area contributed by atoms with Gasteiger partial charge in [-0.1, -0.05) is 23.9 Å². The fourth-order valence-corrected chi connectivity index (χ4v) is 3.47. The minimum Gasteiger partial charge on any atom is -0.462 e. The Labute approximate surface area is 122 Å². The highest BCUT2D eigenvalue weighted by molar-refractivity contribution is 8.00. The van der Waals surface area contributed by atoms with E-state index in [4.69, 9.17) is 4.74 Å².